The van der Waals surface area contributed by atoms with Gasteiger partial charge in [0.2, 0.25) is 0 Å². The van der Waals surface area contributed by atoms with Crippen molar-refractivity contribution >= 4 is 39.4 Å². The van der Waals surface area contributed by atoms with E-state index in [-0.39, 0.29) is 12.5 Å². The van der Waals surface area contributed by atoms with E-state index in [4.69, 9.17) is 4.98 Å². The minimum Gasteiger partial charge on any atom is -0.392 e. The van der Waals surface area contributed by atoms with Crippen molar-refractivity contribution in [2.75, 3.05) is 29.7 Å². The maximum absolute atomic E-state index is 12.3. The largest absolute Gasteiger partial charge is 0.392 e. The van der Waals surface area contributed by atoms with Gasteiger partial charge in [0.05, 0.1) is 22.9 Å². The summed E-state index contributed by atoms with van der Waals surface area (Å²) in [5, 5.41) is 21.3. The fourth-order valence-corrected chi connectivity index (χ4v) is 6.40. The standard InChI is InChI=1S/C22H25N3O2S3/c1-2-3-11-30(27)15-29-21-19(13-23)18(12-20(25-21)22-24-9-10-28-22)17-6-4-5-16(14-26)7-8-17/h4-8,12,17,26H,2-3,9-11,14-15H2,1H3. The summed E-state index contributed by atoms with van der Waals surface area (Å²) in [6.45, 7) is 2.83. The Hall–Kier alpha value is -1.66. The molecule has 1 aromatic heterocycles. The van der Waals surface area contributed by atoms with Crippen LogP contribution in [0.2, 0.25) is 0 Å². The quantitative estimate of drug-likeness (QED) is 0.558. The number of aliphatic imine (C=N–C) groups is 1. The zero-order valence-corrected chi connectivity index (χ0v) is 19.4. The Morgan fingerprint density at radius 3 is 3.00 bits per heavy atom. The average Bonchev–Trinajstić information content (AvgIpc) is 3.20. The molecule has 2 heterocycles. The first-order valence-corrected chi connectivity index (χ1v) is 13.4. The van der Waals surface area contributed by atoms with Crippen LogP contribution in [0.5, 0.6) is 0 Å². The number of aliphatic hydroxyl groups is 1. The van der Waals surface area contributed by atoms with Gasteiger partial charge >= 0.3 is 0 Å². The molecular formula is C22H25N3O2S3. The van der Waals surface area contributed by atoms with Crippen molar-refractivity contribution < 1.29 is 9.32 Å². The zero-order valence-electron chi connectivity index (χ0n) is 16.9. The number of allylic oxidation sites excluding steroid dienone is 4. The SMILES string of the molecule is CCCCS(=O)CSc1nc(C2=NCCS2)cc(C2C=CC=C(CO)C=C2)c1C#N. The number of nitriles is 1. The topological polar surface area (TPSA) is 86.3 Å². The first-order valence-electron chi connectivity index (χ1n) is 9.93. The van der Waals surface area contributed by atoms with E-state index in [0.29, 0.717) is 21.4 Å². The van der Waals surface area contributed by atoms with Gasteiger partial charge in [0.1, 0.15) is 16.1 Å². The average molecular weight is 460 g/mol. The molecule has 1 aliphatic heterocycles. The minimum atomic E-state index is -0.945. The number of hydrogen-bond acceptors (Lipinski definition) is 7. The normalized spacial score (nSPS) is 19.2. The van der Waals surface area contributed by atoms with E-state index in [1.54, 1.807) is 11.8 Å². The van der Waals surface area contributed by atoms with Gasteiger partial charge in [-0.1, -0.05) is 55.5 Å². The van der Waals surface area contributed by atoms with Gasteiger partial charge in [-0.15, -0.1) is 11.8 Å². The number of pyridine rings is 1. The molecule has 0 spiro atoms. The van der Waals surface area contributed by atoms with Crippen LogP contribution >= 0.6 is 23.5 Å². The summed E-state index contributed by atoms with van der Waals surface area (Å²) in [6, 6.07) is 4.28. The number of hydrogen-bond donors (Lipinski definition) is 1. The van der Waals surface area contributed by atoms with Crippen LogP contribution in [0.4, 0.5) is 0 Å². The van der Waals surface area contributed by atoms with E-state index in [9.17, 15) is 14.6 Å². The van der Waals surface area contributed by atoms with Crippen molar-refractivity contribution in [2.45, 2.75) is 30.7 Å². The number of aromatic nitrogens is 1. The summed E-state index contributed by atoms with van der Waals surface area (Å²) in [7, 11) is -0.945. The molecule has 0 saturated heterocycles. The van der Waals surface area contributed by atoms with Crippen LogP contribution in [0, 0.1) is 11.3 Å². The van der Waals surface area contributed by atoms with Gasteiger partial charge in [0.15, 0.2) is 0 Å². The van der Waals surface area contributed by atoms with Crippen molar-refractivity contribution in [3.63, 3.8) is 0 Å². The zero-order chi connectivity index (χ0) is 21.3. The van der Waals surface area contributed by atoms with E-state index in [1.165, 1.54) is 11.8 Å². The van der Waals surface area contributed by atoms with Crippen LogP contribution in [-0.2, 0) is 10.8 Å². The summed E-state index contributed by atoms with van der Waals surface area (Å²) in [5.41, 5.74) is 2.97. The molecule has 2 unspecified atom stereocenters. The molecule has 2 aliphatic rings. The van der Waals surface area contributed by atoms with E-state index in [2.05, 4.69) is 18.0 Å². The van der Waals surface area contributed by atoms with E-state index >= 15 is 0 Å². The summed E-state index contributed by atoms with van der Waals surface area (Å²) < 4.78 is 12.3. The number of thioether (sulfide) groups is 2. The van der Waals surface area contributed by atoms with Gasteiger partial charge in [-0.2, -0.15) is 5.26 Å². The summed E-state index contributed by atoms with van der Waals surface area (Å²) in [5.74, 6) is 1.49. The first kappa shape index (κ1) is 23.0. The Balaban J connectivity index is 1.97. The van der Waals surface area contributed by atoms with Crippen molar-refractivity contribution in [1.29, 1.82) is 5.26 Å². The number of unbranched alkanes of at least 4 members (excludes halogenated alkanes) is 1. The molecule has 30 heavy (non-hydrogen) atoms. The maximum atomic E-state index is 12.3. The Bertz CT molecular complexity index is 961. The molecule has 1 aliphatic carbocycles. The molecule has 2 atom stereocenters. The van der Waals surface area contributed by atoms with Crippen LogP contribution in [0.3, 0.4) is 0 Å². The van der Waals surface area contributed by atoms with E-state index in [1.807, 2.05) is 36.4 Å². The number of aliphatic hydroxyl groups excluding tert-OH is 1. The molecule has 0 radical (unpaired) electrons. The Kier molecular flexibility index (Phi) is 8.94. The lowest BCUT2D eigenvalue weighted by molar-refractivity contribution is 0.335. The molecule has 1 N–H and O–H groups in total. The highest BCUT2D eigenvalue weighted by Gasteiger charge is 2.22. The third-order valence-electron chi connectivity index (χ3n) is 4.67. The smallest absolute Gasteiger partial charge is 0.116 e. The first-order chi connectivity index (χ1) is 14.7. The predicted molar refractivity (Wildman–Crippen MR) is 128 cm³/mol. The molecule has 158 valence electrons. The predicted octanol–water partition coefficient (Wildman–Crippen LogP) is 4.17. The monoisotopic (exact) mass is 459 g/mol. The number of nitrogens with zero attached hydrogens (tertiary/aromatic N) is 3. The molecule has 0 amide bonds. The highest BCUT2D eigenvalue weighted by molar-refractivity contribution is 8.14. The van der Waals surface area contributed by atoms with Gasteiger partial charge in [-0.3, -0.25) is 9.20 Å². The lowest BCUT2D eigenvalue weighted by Gasteiger charge is -2.15. The molecule has 8 heteroatoms. The highest BCUT2D eigenvalue weighted by atomic mass is 32.2. The lowest BCUT2D eigenvalue weighted by Crippen LogP contribution is -2.07. The third kappa shape index (κ3) is 5.94. The van der Waals surface area contributed by atoms with Crippen molar-refractivity contribution in [3.05, 3.63) is 58.8 Å². The van der Waals surface area contributed by atoms with Crippen LogP contribution in [0.1, 0.15) is 42.5 Å². The van der Waals surface area contributed by atoms with Gasteiger partial charge < -0.3 is 5.11 Å². The molecular weight excluding hydrogens is 434 g/mol. The highest BCUT2D eigenvalue weighted by Crippen LogP contribution is 2.33. The van der Waals surface area contributed by atoms with Gasteiger partial charge in [0.25, 0.3) is 0 Å². The fourth-order valence-electron chi connectivity index (χ4n) is 3.06. The van der Waals surface area contributed by atoms with Gasteiger partial charge in [-0.25, -0.2) is 4.98 Å². The van der Waals surface area contributed by atoms with Gasteiger partial charge in [0, 0.05) is 34.8 Å². The minimum absolute atomic E-state index is 0.0294. The Morgan fingerprint density at radius 1 is 1.43 bits per heavy atom. The lowest BCUT2D eigenvalue weighted by atomic mass is 9.94. The van der Waals surface area contributed by atoms with Crippen LogP contribution < -0.4 is 0 Å². The second kappa shape index (κ2) is 11.7. The molecule has 1 aromatic rings. The van der Waals surface area contributed by atoms with Crippen LogP contribution in [0.15, 0.2) is 52.0 Å². The second-order valence-corrected chi connectivity index (χ2v) is 10.8. The summed E-state index contributed by atoms with van der Waals surface area (Å²) >= 11 is 3.06. The van der Waals surface area contributed by atoms with Crippen LogP contribution in [-0.4, -0.2) is 49.1 Å². The molecule has 0 bridgehead atoms. The van der Waals surface area contributed by atoms with Crippen molar-refractivity contribution in [3.8, 4) is 6.07 Å². The molecule has 0 saturated carbocycles. The maximum Gasteiger partial charge on any atom is 0.116 e. The fraction of sp³-hybridized carbons (Fsp3) is 0.409. The Labute approximate surface area is 188 Å². The molecule has 5 nitrogen and oxygen atoms in total. The van der Waals surface area contributed by atoms with E-state index < -0.39 is 10.8 Å². The van der Waals surface area contributed by atoms with Crippen LogP contribution in [0.25, 0.3) is 0 Å². The molecule has 3 rings (SSSR count). The molecule has 0 aromatic carbocycles. The summed E-state index contributed by atoms with van der Waals surface area (Å²) in [4.78, 5) is 9.29. The third-order valence-corrected chi connectivity index (χ3v) is 8.51. The second-order valence-electron chi connectivity index (χ2n) is 6.85. The molecule has 0 fully saturated rings. The van der Waals surface area contributed by atoms with E-state index in [0.717, 1.165) is 47.0 Å². The summed E-state index contributed by atoms with van der Waals surface area (Å²) in [6.07, 6.45) is 11.6. The van der Waals surface area contributed by atoms with Crippen molar-refractivity contribution in [1.82, 2.24) is 4.98 Å². The van der Waals surface area contributed by atoms with Gasteiger partial charge in [-0.05, 0) is 23.6 Å². The van der Waals surface area contributed by atoms with Crippen molar-refractivity contribution in [2.24, 2.45) is 4.99 Å². The number of rotatable bonds is 9. The Morgan fingerprint density at radius 2 is 2.30 bits per heavy atom.